The SMILES string of the molecule is O=C(NCc1cc(Cl)ccc1-n1cnnn1)[C@@H]1[C@H]2C[C@H]2CN1C(=O)C(O)c1cc(Cl)cc(OC(F)F)c1. The van der Waals surface area contributed by atoms with Gasteiger partial charge in [0, 0.05) is 23.1 Å². The van der Waals surface area contributed by atoms with Gasteiger partial charge in [-0.05, 0) is 76.2 Å². The van der Waals surface area contributed by atoms with Crippen LogP contribution in [0.5, 0.6) is 5.75 Å². The van der Waals surface area contributed by atoms with Crippen molar-refractivity contribution in [2.45, 2.75) is 31.7 Å². The summed E-state index contributed by atoms with van der Waals surface area (Å²) >= 11 is 12.1. The molecule has 2 N–H and O–H groups in total. The highest BCUT2D eigenvalue weighted by atomic mass is 35.5. The number of ether oxygens (including phenoxy) is 1. The minimum absolute atomic E-state index is 0.0125. The largest absolute Gasteiger partial charge is 0.435 e. The number of aromatic nitrogens is 4. The van der Waals surface area contributed by atoms with Crippen molar-refractivity contribution < 1.29 is 28.2 Å². The highest BCUT2D eigenvalue weighted by Crippen LogP contribution is 2.50. The molecule has 1 saturated carbocycles. The van der Waals surface area contributed by atoms with E-state index in [0.717, 1.165) is 18.6 Å². The molecule has 1 aliphatic carbocycles. The molecule has 2 fully saturated rings. The third-order valence-corrected chi connectivity index (χ3v) is 6.91. The number of benzene rings is 2. The Bertz CT molecular complexity index is 1330. The van der Waals surface area contributed by atoms with E-state index in [0.29, 0.717) is 22.8 Å². The maximum Gasteiger partial charge on any atom is 0.387 e. The molecule has 1 aromatic heterocycles. The van der Waals surface area contributed by atoms with Gasteiger partial charge in [0.05, 0.1) is 5.69 Å². The van der Waals surface area contributed by atoms with E-state index in [1.54, 1.807) is 18.2 Å². The standard InChI is InChI=1S/C23H20Cl2F2N6O4/c24-14-1-2-18(33-10-29-30-31-33)12(4-14)8-28-21(35)19-17-6-13(17)9-32(19)22(36)20(34)11-3-15(25)7-16(5-11)37-23(26)27/h1-5,7,10,13,17,19-20,23,34H,6,8-9H2,(H,28,35)/t13-,17-,19-,20?/m0/s1. The molecule has 10 nitrogen and oxygen atoms in total. The van der Waals surface area contributed by atoms with Gasteiger partial charge in [-0.25, -0.2) is 4.68 Å². The van der Waals surface area contributed by atoms with E-state index in [1.807, 2.05) is 0 Å². The molecule has 3 aromatic rings. The first-order valence-corrected chi connectivity index (χ1v) is 12.0. The zero-order valence-corrected chi connectivity index (χ0v) is 20.5. The molecule has 2 aromatic carbocycles. The number of carbonyl (C=O) groups excluding carboxylic acids is 2. The highest BCUT2D eigenvalue weighted by molar-refractivity contribution is 6.31. The van der Waals surface area contributed by atoms with Gasteiger partial charge in [-0.1, -0.05) is 23.2 Å². The summed E-state index contributed by atoms with van der Waals surface area (Å²) in [6, 6.07) is 7.83. The molecule has 1 saturated heterocycles. The summed E-state index contributed by atoms with van der Waals surface area (Å²) < 4.78 is 31.1. The fraction of sp³-hybridized carbons (Fsp3) is 0.348. The summed E-state index contributed by atoms with van der Waals surface area (Å²) in [5, 5.41) is 25.2. The van der Waals surface area contributed by atoms with Crippen LogP contribution in [-0.4, -0.2) is 61.2 Å². The van der Waals surface area contributed by atoms with Crippen LogP contribution in [0.3, 0.4) is 0 Å². The van der Waals surface area contributed by atoms with Crippen molar-refractivity contribution in [3.05, 3.63) is 63.9 Å². The predicted octanol–water partition coefficient (Wildman–Crippen LogP) is 2.77. The van der Waals surface area contributed by atoms with Crippen molar-refractivity contribution >= 4 is 35.0 Å². The monoisotopic (exact) mass is 552 g/mol. The molecule has 1 unspecified atom stereocenters. The van der Waals surface area contributed by atoms with Gasteiger partial charge >= 0.3 is 6.61 Å². The number of fused-ring (bicyclic) bond motifs is 1. The van der Waals surface area contributed by atoms with Crippen LogP contribution in [0.1, 0.15) is 23.7 Å². The maximum atomic E-state index is 13.3. The molecule has 4 atom stereocenters. The van der Waals surface area contributed by atoms with E-state index < -0.39 is 24.7 Å². The highest BCUT2D eigenvalue weighted by Gasteiger charge is 2.57. The molecular weight excluding hydrogens is 533 g/mol. The minimum Gasteiger partial charge on any atom is -0.435 e. The van der Waals surface area contributed by atoms with Crippen LogP contribution in [0, 0.1) is 11.8 Å². The average Bonchev–Trinajstić information content (AvgIpc) is 3.24. The number of nitrogens with one attached hydrogen (secondary N) is 1. The summed E-state index contributed by atoms with van der Waals surface area (Å²) in [6.45, 7) is -2.71. The van der Waals surface area contributed by atoms with E-state index in [9.17, 15) is 23.5 Å². The molecule has 37 heavy (non-hydrogen) atoms. The molecule has 2 amide bonds. The van der Waals surface area contributed by atoms with Crippen molar-refractivity contribution in [2.24, 2.45) is 11.8 Å². The molecule has 2 heterocycles. The van der Waals surface area contributed by atoms with Crippen LogP contribution in [0.25, 0.3) is 5.69 Å². The lowest BCUT2D eigenvalue weighted by Crippen LogP contribution is -2.49. The molecule has 1 aliphatic heterocycles. The first-order chi connectivity index (χ1) is 17.7. The number of alkyl halides is 2. The summed E-state index contributed by atoms with van der Waals surface area (Å²) in [5.41, 5.74) is 1.26. The Morgan fingerprint density at radius 3 is 2.73 bits per heavy atom. The minimum atomic E-state index is -3.10. The number of halogens is 4. The summed E-state index contributed by atoms with van der Waals surface area (Å²) in [7, 11) is 0. The number of aliphatic hydroxyl groups is 1. The van der Waals surface area contributed by atoms with Crippen LogP contribution in [0.4, 0.5) is 8.78 Å². The van der Waals surface area contributed by atoms with Crippen molar-refractivity contribution in [1.82, 2.24) is 30.4 Å². The van der Waals surface area contributed by atoms with Gasteiger partial charge in [0.1, 0.15) is 18.1 Å². The first kappa shape index (κ1) is 25.3. The molecular formula is C23H20Cl2F2N6O4. The molecule has 14 heteroatoms. The Morgan fingerprint density at radius 2 is 2.00 bits per heavy atom. The van der Waals surface area contributed by atoms with E-state index >= 15 is 0 Å². The van der Waals surface area contributed by atoms with E-state index in [1.165, 1.54) is 22.0 Å². The van der Waals surface area contributed by atoms with E-state index in [2.05, 4.69) is 25.6 Å². The second-order valence-corrected chi connectivity index (χ2v) is 9.71. The lowest BCUT2D eigenvalue weighted by Gasteiger charge is -2.29. The van der Waals surface area contributed by atoms with E-state index in [4.69, 9.17) is 23.2 Å². The van der Waals surface area contributed by atoms with Gasteiger partial charge in [-0.2, -0.15) is 8.78 Å². The molecule has 2 aliphatic rings. The third kappa shape index (κ3) is 5.36. The number of amides is 2. The van der Waals surface area contributed by atoms with Gasteiger partial charge < -0.3 is 20.1 Å². The second kappa shape index (κ2) is 10.2. The Balaban J connectivity index is 1.31. The van der Waals surface area contributed by atoms with Crippen LogP contribution in [0.2, 0.25) is 10.0 Å². The topological polar surface area (TPSA) is 122 Å². The van der Waals surface area contributed by atoms with Crippen LogP contribution < -0.4 is 10.1 Å². The normalized spacial score (nSPS) is 21.0. The quantitative estimate of drug-likeness (QED) is 0.440. The van der Waals surface area contributed by atoms with Gasteiger partial charge in [0.2, 0.25) is 5.91 Å². The van der Waals surface area contributed by atoms with Crippen molar-refractivity contribution in [1.29, 1.82) is 0 Å². The van der Waals surface area contributed by atoms with Gasteiger partial charge in [0.15, 0.2) is 6.10 Å². The maximum absolute atomic E-state index is 13.3. The zero-order chi connectivity index (χ0) is 26.3. The number of carbonyl (C=O) groups is 2. The van der Waals surface area contributed by atoms with Gasteiger partial charge in [-0.3, -0.25) is 9.59 Å². The average molecular weight is 553 g/mol. The fourth-order valence-electron chi connectivity index (χ4n) is 4.72. The molecule has 0 spiro atoms. The number of nitrogens with zero attached hydrogens (tertiary/aromatic N) is 5. The number of likely N-dealkylation sites (tertiary alicyclic amines) is 1. The Kier molecular flexibility index (Phi) is 6.97. The van der Waals surface area contributed by atoms with Crippen LogP contribution >= 0.6 is 23.2 Å². The molecule has 5 rings (SSSR count). The number of hydrogen-bond acceptors (Lipinski definition) is 7. The Labute approximate surface area is 219 Å². The van der Waals surface area contributed by atoms with Crippen LogP contribution in [0.15, 0.2) is 42.7 Å². The zero-order valence-electron chi connectivity index (χ0n) is 19.0. The molecule has 194 valence electrons. The third-order valence-electron chi connectivity index (χ3n) is 6.46. The number of hydrogen-bond donors (Lipinski definition) is 2. The summed E-state index contributed by atoms with van der Waals surface area (Å²) in [5.74, 6) is -1.29. The molecule has 0 bridgehead atoms. The summed E-state index contributed by atoms with van der Waals surface area (Å²) in [6.07, 6.45) is 0.482. The lowest BCUT2D eigenvalue weighted by atomic mass is 10.1. The fourth-order valence-corrected chi connectivity index (χ4v) is 5.15. The first-order valence-electron chi connectivity index (χ1n) is 11.2. The smallest absolute Gasteiger partial charge is 0.387 e. The second-order valence-electron chi connectivity index (χ2n) is 8.84. The van der Waals surface area contributed by atoms with E-state index in [-0.39, 0.29) is 40.6 Å². The molecule has 0 radical (unpaired) electrons. The number of piperidine rings is 1. The summed E-state index contributed by atoms with van der Waals surface area (Å²) in [4.78, 5) is 27.8. The van der Waals surface area contributed by atoms with Crippen molar-refractivity contribution in [3.63, 3.8) is 0 Å². The lowest BCUT2D eigenvalue weighted by molar-refractivity contribution is -0.146. The predicted molar refractivity (Wildman–Crippen MR) is 126 cm³/mol. The Morgan fingerprint density at radius 1 is 1.19 bits per heavy atom. The Hall–Kier alpha value is -3.35. The van der Waals surface area contributed by atoms with Gasteiger partial charge in [-0.15, -0.1) is 5.10 Å². The van der Waals surface area contributed by atoms with Gasteiger partial charge in [0.25, 0.3) is 5.91 Å². The number of rotatable bonds is 8. The van der Waals surface area contributed by atoms with Crippen molar-refractivity contribution in [2.75, 3.05) is 6.54 Å². The van der Waals surface area contributed by atoms with Crippen molar-refractivity contribution in [3.8, 4) is 11.4 Å². The van der Waals surface area contributed by atoms with Crippen LogP contribution in [-0.2, 0) is 16.1 Å². The number of aliphatic hydroxyl groups excluding tert-OH is 1. The number of tetrazole rings is 1.